The maximum Gasteiger partial charge on any atom is 0.263 e. The van der Waals surface area contributed by atoms with Crippen molar-refractivity contribution in [2.45, 2.75) is 29.9 Å². The highest BCUT2D eigenvalue weighted by Gasteiger charge is 2.30. The maximum atomic E-state index is 11.3. The largest absolute Gasteiger partial charge is 0.497 e. The molecule has 1 aliphatic heterocycles. The molecule has 3 N–H and O–H groups in total. The van der Waals surface area contributed by atoms with E-state index in [4.69, 9.17) is 15.3 Å². The Labute approximate surface area is 116 Å². The molecule has 2 unspecified atom stereocenters. The average molecular weight is 282 g/mol. The van der Waals surface area contributed by atoms with Gasteiger partial charge >= 0.3 is 0 Å². The number of hydrogen-bond donors (Lipinski definition) is 2. The molecule has 2 atom stereocenters. The van der Waals surface area contributed by atoms with Crippen molar-refractivity contribution in [3.63, 3.8) is 0 Å². The van der Waals surface area contributed by atoms with Crippen LogP contribution in [-0.4, -0.2) is 31.0 Å². The van der Waals surface area contributed by atoms with E-state index in [2.05, 4.69) is 5.43 Å². The fraction of sp³-hybridized carbons (Fsp3) is 0.462. The molecule has 0 aromatic heterocycles. The van der Waals surface area contributed by atoms with Gasteiger partial charge in [-0.2, -0.15) is 0 Å². The molecule has 5 nitrogen and oxygen atoms in total. The van der Waals surface area contributed by atoms with E-state index in [9.17, 15) is 4.79 Å². The summed E-state index contributed by atoms with van der Waals surface area (Å²) in [7, 11) is 1.65. The fourth-order valence-corrected chi connectivity index (χ4v) is 2.99. The molecule has 1 heterocycles. The molecular weight excluding hydrogens is 264 g/mol. The first kappa shape index (κ1) is 14.2. The molecule has 104 valence electrons. The molecule has 6 heteroatoms. The van der Waals surface area contributed by atoms with Crippen molar-refractivity contribution in [2.75, 3.05) is 12.9 Å². The minimum atomic E-state index is -0.402. The summed E-state index contributed by atoms with van der Waals surface area (Å²) in [6.45, 7) is 0. The van der Waals surface area contributed by atoms with E-state index in [0.717, 1.165) is 29.2 Å². The molecule has 1 fully saturated rings. The highest BCUT2D eigenvalue weighted by molar-refractivity contribution is 7.99. The number of ether oxygens (including phenoxy) is 2. The van der Waals surface area contributed by atoms with E-state index in [1.54, 1.807) is 18.9 Å². The van der Waals surface area contributed by atoms with Crippen molar-refractivity contribution in [2.24, 2.45) is 5.84 Å². The van der Waals surface area contributed by atoms with Gasteiger partial charge in [-0.25, -0.2) is 5.84 Å². The number of thioether (sulfide) groups is 1. The summed E-state index contributed by atoms with van der Waals surface area (Å²) in [5.41, 5.74) is 2.13. The van der Waals surface area contributed by atoms with Crippen LogP contribution in [0.2, 0.25) is 0 Å². The van der Waals surface area contributed by atoms with Crippen LogP contribution in [0.4, 0.5) is 0 Å². The van der Waals surface area contributed by atoms with Gasteiger partial charge < -0.3 is 9.47 Å². The van der Waals surface area contributed by atoms with Gasteiger partial charge in [0.2, 0.25) is 0 Å². The summed E-state index contributed by atoms with van der Waals surface area (Å²) in [5, 5.41) is 0. The average Bonchev–Trinajstić information content (AvgIpc) is 2.93. The number of carbonyl (C=O) groups is 1. The molecule has 0 aliphatic carbocycles. The van der Waals surface area contributed by atoms with Crippen LogP contribution in [0.3, 0.4) is 0 Å². The predicted octanol–water partition coefficient (Wildman–Crippen LogP) is 1.32. The van der Waals surface area contributed by atoms with Crippen molar-refractivity contribution in [1.82, 2.24) is 5.43 Å². The van der Waals surface area contributed by atoms with E-state index >= 15 is 0 Å². The Kier molecular flexibility index (Phi) is 5.07. The van der Waals surface area contributed by atoms with Gasteiger partial charge in [-0.3, -0.25) is 10.2 Å². The molecule has 0 saturated carbocycles. The summed E-state index contributed by atoms with van der Waals surface area (Å²) in [4.78, 5) is 12.5. The molecule has 0 radical (unpaired) electrons. The SMILES string of the molecule is COc1cccc(SCC2CCC(C(=O)NN)O2)c1. The zero-order valence-corrected chi connectivity index (χ0v) is 11.6. The van der Waals surface area contributed by atoms with E-state index in [1.807, 2.05) is 24.3 Å². The van der Waals surface area contributed by atoms with E-state index in [-0.39, 0.29) is 12.0 Å². The molecule has 1 amide bonds. The number of nitrogens with one attached hydrogen (secondary N) is 1. The molecule has 1 aromatic rings. The first-order valence-electron chi connectivity index (χ1n) is 6.15. The Morgan fingerprint density at radius 3 is 3.16 bits per heavy atom. The minimum absolute atomic E-state index is 0.0958. The number of hydrazine groups is 1. The summed E-state index contributed by atoms with van der Waals surface area (Å²) in [6.07, 6.45) is 1.31. The topological polar surface area (TPSA) is 73.6 Å². The second kappa shape index (κ2) is 6.79. The molecule has 2 rings (SSSR count). The van der Waals surface area contributed by atoms with Gasteiger partial charge in [0.25, 0.3) is 5.91 Å². The predicted molar refractivity (Wildman–Crippen MR) is 73.9 cm³/mol. The van der Waals surface area contributed by atoms with Crippen LogP contribution < -0.4 is 16.0 Å². The van der Waals surface area contributed by atoms with Crippen LogP contribution in [0.15, 0.2) is 29.2 Å². The molecule has 1 aromatic carbocycles. The van der Waals surface area contributed by atoms with Gasteiger partial charge in [0, 0.05) is 10.6 Å². The van der Waals surface area contributed by atoms with Crippen LogP contribution in [0, 0.1) is 0 Å². The van der Waals surface area contributed by atoms with Gasteiger partial charge in [0.05, 0.1) is 13.2 Å². The van der Waals surface area contributed by atoms with Crippen LogP contribution >= 0.6 is 11.8 Å². The smallest absolute Gasteiger partial charge is 0.263 e. The number of benzene rings is 1. The molecule has 0 bridgehead atoms. The lowest BCUT2D eigenvalue weighted by molar-refractivity contribution is -0.131. The number of amides is 1. The quantitative estimate of drug-likeness (QED) is 0.369. The normalized spacial score (nSPS) is 22.2. The standard InChI is InChI=1S/C13H18N2O3S/c1-17-9-3-2-4-11(7-9)19-8-10-5-6-12(18-10)13(16)15-14/h2-4,7,10,12H,5-6,8,14H2,1H3,(H,15,16). The van der Waals surface area contributed by atoms with Gasteiger partial charge in [-0.05, 0) is 31.0 Å². The fourth-order valence-electron chi connectivity index (χ4n) is 1.99. The van der Waals surface area contributed by atoms with Gasteiger partial charge in [-0.15, -0.1) is 11.8 Å². The Bertz CT molecular complexity index is 442. The summed E-state index contributed by atoms with van der Waals surface area (Å²) < 4.78 is 10.8. The van der Waals surface area contributed by atoms with E-state index in [1.165, 1.54) is 0 Å². The lowest BCUT2D eigenvalue weighted by Gasteiger charge is -2.12. The van der Waals surface area contributed by atoms with Gasteiger partial charge in [0.1, 0.15) is 11.9 Å². The Morgan fingerprint density at radius 2 is 2.42 bits per heavy atom. The second-order valence-corrected chi connectivity index (χ2v) is 5.42. The summed E-state index contributed by atoms with van der Waals surface area (Å²) in [5.74, 6) is 6.52. The highest BCUT2D eigenvalue weighted by atomic mass is 32.2. The maximum absolute atomic E-state index is 11.3. The number of methoxy groups -OCH3 is 1. The van der Waals surface area contributed by atoms with Crippen LogP contribution in [-0.2, 0) is 9.53 Å². The zero-order chi connectivity index (χ0) is 13.7. The third kappa shape index (κ3) is 3.86. The minimum Gasteiger partial charge on any atom is -0.497 e. The van der Waals surface area contributed by atoms with Crippen molar-refractivity contribution in [3.8, 4) is 5.75 Å². The molecule has 0 spiro atoms. The summed E-state index contributed by atoms with van der Waals surface area (Å²) in [6, 6.07) is 7.90. The molecule has 1 aliphatic rings. The third-order valence-corrected chi connectivity index (χ3v) is 4.15. The van der Waals surface area contributed by atoms with E-state index < -0.39 is 6.10 Å². The first-order chi connectivity index (χ1) is 9.22. The van der Waals surface area contributed by atoms with Crippen molar-refractivity contribution < 1.29 is 14.3 Å². The Morgan fingerprint density at radius 1 is 1.58 bits per heavy atom. The lowest BCUT2D eigenvalue weighted by atomic mass is 10.2. The van der Waals surface area contributed by atoms with Gasteiger partial charge in [-0.1, -0.05) is 6.07 Å². The number of nitrogens with two attached hydrogens (primary N) is 1. The number of rotatable bonds is 5. The molecule has 19 heavy (non-hydrogen) atoms. The highest BCUT2D eigenvalue weighted by Crippen LogP contribution is 2.28. The zero-order valence-electron chi connectivity index (χ0n) is 10.8. The van der Waals surface area contributed by atoms with Crippen LogP contribution in [0.1, 0.15) is 12.8 Å². The van der Waals surface area contributed by atoms with Gasteiger partial charge in [0.15, 0.2) is 0 Å². The second-order valence-electron chi connectivity index (χ2n) is 4.32. The van der Waals surface area contributed by atoms with Crippen molar-refractivity contribution in [3.05, 3.63) is 24.3 Å². The monoisotopic (exact) mass is 282 g/mol. The van der Waals surface area contributed by atoms with Crippen molar-refractivity contribution >= 4 is 17.7 Å². The Hall–Kier alpha value is -1.24. The summed E-state index contributed by atoms with van der Waals surface area (Å²) >= 11 is 1.70. The first-order valence-corrected chi connectivity index (χ1v) is 7.14. The molecular formula is C13H18N2O3S. The van der Waals surface area contributed by atoms with Crippen molar-refractivity contribution in [1.29, 1.82) is 0 Å². The van der Waals surface area contributed by atoms with Crippen LogP contribution in [0.25, 0.3) is 0 Å². The van der Waals surface area contributed by atoms with E-state index in [0.29, 0.717) is 0 Å². The lowest BCUT2D eigenvalue weighted by Crippen LogP contribution is -2.39. The molecule has 1 saturated heterocycles. The number of hydrogen-bond acceptors (Lipinski definition) is 5. The Balaban J connectivity index is 1.81. The van der Waals surface area contributed by atoms with Crippen LogP contribution in [0.5, 0.6) is 5.75 Å². The number of carbonyl (C=O) groups excluding carboxylic acids is 1. The third-order valence-electron chi connectivity index (χ3n) is 3.02.